The van der Waals surface area contributed by atoms with Crippen molar-refractivity contribution >= 4 is 29.1 Å². The maximum absolute atomic E-state index is 11.0. The lowest BCUT2D eigenvalue weighted by Crippen LogP contribution is -2.46. The van der Waals surface area contributed by atoms with E-state index >= 15 is 0 Å². The molecule has 1 amide bonds. The van der Waals surface area contributed by atoms with E-state index in [-0.39, 0.29) is 6.54 Å². The van der Waals surface area contributed by atoms with Crippen LogP contribution in [0.3, 0.4) is 0 Å². The number of nitrogens with zero attached hydrogens (tertiary/aromatic N) is 3. The number of pyridine rings is 2. The van der Waals surface area contributed by atoms with Crippen LogP contribution in [0, 0.1) is 4.91 Å². The second kappa shape index (κ2) is 7.96. The minimum Gasteiger partial charge on any atom is -0.366 e. The molecule has 2 atom stereocenters. The zero-order chi connectivity index (χ0) is 16.8. The van der Waals surface area contributed by atoms with E-state index in [1.165, 1.54) is 21.3 Å². The van der Waals surface area contributed by atoms with Gasteiger partial charge in [0.05, 0.1) is 5.56 Å². The first-order valence-corrected chi connectivity index (χ1v) is 7.42. The molecular formula is C14H14Cl2N4O3+2. The topological polar surface area (TPSA) is 89.5 Å². The molecule has 7 nitrogen and oxygen atoms in total. The molecule has 0 spiro atoms. The van der Waals surface area contributed by atoms with Crippen LogP contribution in [0.15, 0.2) is 54.1 Å². The predicted molar refractivity (Wildman–Crippen MR) is 82.2 cm³/mol. The highest BCUT2D eigenvalue weighted by molar-refractivity contribution is 6.19. The molecule has 2 aromatic heterocycles. The Hall–Kier alpha value is -2.09. The molecular weight excluding hydrogens is 343 g/mol. The molecule has 2 aromatic rings. The SMILES string of the molecule is NC(=O)c1cc[n+](C(Cl)OC(Cl)[n+]2ccccc2CN=O)cc1. The third-order valence-corrected chi connectivity index (χ3v) is 3.66. The van der Waals surface area contributed by atoms with Gasteiger partial charge in [0.15, 0.2) is 25.1 Å². The van der Waals surface area contributed by atoms with Gasteiger partial charge in [0.25, 0.3) is 0 Å². The average molecular weight is 357 g/mol. The van der Waals surface area contributed by atoms with Crippen molar-refractivity contribution in [1.29, 1.82) is 0 Å². The van der Waals surface area contributed by atoms with Gasteiger partial charge in [-0.15, -0.1) is 0 Å². The number of alkyl halides is 2. The Bertz CT molecular complexity index is 697. The lowest BCUT2D eigenvalue weighted by Gasteiger charge is -2.10. The first kappa shape index (κ1) is 17.3. The fraction of sp³-hybridized carbons (Fsp3) is 0.214. The molecule has 0 bridgehead atoms. The third kappa shape index (κ3) is 4.44. The first-order valence-electron chi connectivity index (χ1n) is 6.55. The van der Waals surface area contributed by atoms with Gasteiger partial charge in [-0.2, -0.15) is 14.0 Å². The number of aromatic nitrogens is 2. The van der Waals surface area contributed by atoms with Crippen LogP contribution in [0.2, 0.25) is 0 Å². The number of amides is 1. The van der Waals surface area contributed by atoms with Gasteiger partial charge in [-0.25, -0.2) is 4.74 Å². The second-order valence-corrected chi connectivity index (χ2v) is 5.25. The fourth-order valence-corrected chi connectivity index (χ4v) is 2.42. The standard InChI is InChI=1S/C14H13Cl2N4O3/c15-13(19-7-4-10(5-8-19)12(17)21)23-14(16)20-6-2-1-3-11(20)9-18-22/h1-8,13-14H,9H2,(H-,17,21)/q+1/p+1. The zero-order valence-corrected chi connectivity index (χ0v) is 13.4. The van der Waals surface area contributed by atoms with E-state index in [0.29, 0.717) is 11.3 Å². The van der Waals surface area contributed by atoms with E-state index in [2.05, 4.69) is 5.18 Å². The molecule has 2 rings (SSSR count). The van der Waals surface area contributed by atoms with Gasteiger partial charge in [0.2, 0.25) is 11.6 Å². The van der Waals surface area contributed by atoms with Crippen LogP contribution in [-0.4, -0.2) is 5.91 Å². The van der Waals surface area contributed by atoms with Crippen molar-refractivity contribution in [3.8, 4) is 0 Å². The Kier molecular flexibility index (Phi) is 5.97. The molecule has 0 fully saturated rings. The van der Waals surface area contributed by atoms with Crippen LogP contribution in [0.25, 0.3) is 0 Å². The minimum atomic E-state index is -0.946. The summed E-state index contributed by atoms with van der Waals surface area (Å²) in [4.78, 5) is 21.5. The predicted octanol–water partition coefficient (Wildman–Crippen LogP) is 1.73. The van der Waals surface area contributed by atoms with Crippen molar-refractivity contribution in [3.05, 3.63) is 65.1 Å². The molecule has 0 aliphatic heterocycles. The molecule has 120 valence electrons. The summed E-state index contributed by atoms with van der Waals surface area (Å²) in [5.74, 6) is -0.537. The number of halogens is 2. The van der Waals surface area contributed by atoms with Crippen LogP contribution >= 0.6 is 23.2 Å². The number of nitroso groups, excluding NO2 is 1. The van der Waals surface area contributed by atoms with Crippen LogP contribution in [0.4, 0.5) is 0 Å². The summed E-state index contributed by atoms with van der Waals surface area (Å²) >= 11 is 12.4. The van der Waals surface area contributed by atoms with Gasteiger partial charge in [-0.1, -0.05) is 11.2 Å². The Morgan fingerprint density at radius 1 is 1.17 bits per heavy atom. The van der Waals surface area contributed by atoms with Gasteiger partial charge < -0.3 is 5.73 Å². The number of rotatable bonds is 7. The third-order valence-electron chi connectivity index (χ3n) is 3.02. The van der Waals surface area contributed by atoms with Crippen molar-refractivity contribution < 1.29 is 18.7 Å². The van der Waals surface area contributed by atoms with Crippen molar-refractivity contribution in [2.75, 3.05) is 0 Å². The first-order chi connectivity index (χ1) is 11.0. The maximum atomic E-state index is 11.0. The average Bonchev–Trinajstić information content (AvgIpc) is 2.55. The summed E-state index contributed by atoms with van der Waals surface area (Å²) in [6, 6.07) is 8.24. The lowest BCUT2D eigenvalue weighted by atomic mass is 10.2. The van der Waals surface area contributed by atoms with Crippen molar-refractivity contribution in [2.24, 2.45) is 10.9 Å². The summed E-state index contributed by atoms with van der Waals surface area (Å²) in [7, 11) is 0. The summed E-state index contributed by atoms with van der Waals surface area (Å²) in [5, 5.41) is 2.85. The lowest BCUT2D eigenvalue weighted by molar-refractivity contribution is -0.799. The highest BCUT2D eigenvalue weighted by Gasteiger charge is 2.28. The maximum Gasteiger partial charge on any atom is 0.349 e. The van der Waals surface area contributed by atoms with Crippen LogP contribution in [-0.2, 0) is 11.3 Å². The van der Waals surface area contributed by atoms with Gasteiger partial charge >= 0.3 is 11.4 Å². The fourth-order valence-electron chi connectivity index (χ4n) is 1.86. The summed E-state index contributed by atoms with van der Waals surface area (Å²) in [6.45, 7) is -0.0408. The molecule has 23 heavy (non-hydrogen) atoms. The normalized spacial score (nSPS) is 13.3. The van der Waals surface area contributed by atoms with Crippen LogP contribution in [0.1, 0.15) is 27.4 Å². The minimum absolute atomic E-state index is 0.0408. The van der Waals surface area contributed by atoms with Gasteiger partial charge in [-0.05, 0) is 23.2 Å². The van der Waals surface area contributed by atoms with E-state index in [1.54, 1.807) is 36.8 Å². The van der Waals surface area contributed by atoms with Gasteiger partial charge in [0, 0.05) is 24.3 Å². The van der Waals surface area contributed by atoms with E-state index in [9.17, 15) is 9.70 Å². The van der Waals surface area contributed by atoms with Crippen LogP contribution < -0.4 is 14.9 Å². The highest BCUT2D eigenvalue weighted by atomic mass is 35.5. The zero-order valence-electron chi connectivity index (χ0n) is 11.9. The second-order valence-electron chi connectivity index (χ2n) is 4.50. The Balaban J connectivity index is 2.11. The molecule has 0 saturated heterocycles. The highest BCUT2D eigenvalue weighted by Crippen LogP contribution is 2.17. The number of ether oxygens (including phenoxy) is 1. The number of hydrogen-bond acceptors (Lipinski definition) is 4. The number of nitrogens with two attached hydrogens (primary N) is 1. The van der Waals surface area contributed by atoms with Crippen molar-refractivity contribution in [1.82, 2.24) is 0 Å². The van der Waals surface area contributed by atoms with Gasteiger partial charge in [-0.3, -0.25) is 4.79 Å². The molecule has 9 heteroatoms. The smallest absolute Gasteiger partial charge is 0.349 e. The molecule has 2 heterocycles. The van der Waals surface area contributed by atoms with E-state index < -0.39 is 17.3 Å². The molecule has 2 unspecified atom stereocenters. The Labute approximate surface area is 142 Å². The molecule has 0 aromatic carbocycles. The molecule has 0 saturated carbocycles. The van der Waals surface area contributed by atoms with Crippen molar-refractivity contribution in [2.45, 2.75) is 17.9 Å². The number of carbonyl (C=O) groups is 1. The molecule has 2 N–H and O–H groups in total. The number of carbonyl (C=O) groups excluding carboxylic acids is 1. The Morgan fingerprint density at radius 3 is 2.48 bits per heavy atom. The summed E-state index contributed by atoms with van der Waals surface area (Å²) in [6.07, 6.45) is 4.75. The number of hydrogen-bond donors (Lipinski definition) is 1. The van der Waals surface area contributed by atoms with Crippen molar-refractivity contribution in [3.63, 3.8) is 0 Å². The molecule has 0 aliphatic rings. The Morgan fingerprint density at radius 2 is 1.87 bits per heavy atom. The van der Waals surface area contributed by atoms with Gasteiger partial charge in [0.1, 0.15) is 0 Å². The molecule has 0 radical (unpaired) electrons. The quantitative estimate of drug-likeness (QED) is 0.465. The summed E-state index contributed by atoms with van der Waals surface area (Å²) in [5.41, 5.74) is 4.23. The van der Waals surface area contributed by atoms with E-state index in [1.807, 2.05) is 0 Å². The van der Waals surface area contributed by atoms with Crippen LogP contribution in [0.5, 0.6) is 0 Å². The van der Waals surface area contributed by atoms with E-state index in [0.717, 1.165) is 0 Å². The van der Waals surface area contributed by atoms with E-state index in [4.69, 9.17) is 33.7 Å². The number of primary amides is 1. The molecule has 0 aliphatic carbocycles. The monoisotopic (exact) mass is 356 g/mol. The summed E-state index contributed by atoms with van der Waals surface area (Å²) < 4.78 is 8.55. The largest absolute Gasteiger partial charge is 0.366 e.